The van der Waals surface area contributed by atoms with Crippen molar-refractivity contribution in [2.45, 2.75) is 13.5 Å². The maximum absolute atomic E-state index is 12.7. The van der Waals surface area contributed by atoms with E-state index in [2.05, 4.69) is 4.98 Å². The molecule has 0 aliphatic heterocycles. The van der Waals surface area contributed by atoms with Crippen molar-refractivity contribution in [1.29, 1.82) is 0 Å². The second-order valence-corrected chi connectivity index (χ2v) is 2.54. The Bertz CT molecular complexity index is 277. The number of aromatic nitrogens is 1. The van der Waals surface area contributed by atoms with Crippen molar-refractivity contribution in [3.63, 3.8) is 0 Å². The summed E-state index contributed by atoms with van der Waals surface area (Å²) in [5.74, 6) is -0.519. The van der Waals surface area contributed by atoms with Gasteiger partial charge in [0.05, 0.1) is 6.61 Å². The molecular weight excluding hydrogens is 169 g/mol. The molecule has 1 heterocycles. The first kappa shape index (κ1) is 8.43. The Kier molecular flexibility index (Phi) is 2.42. The average Bonchev–Trinajstić information content (AvgIpc) is 1.97. The lowest BCUT2D eigenvalue weighted by atomic mass is 10.2. The van der Waals surface area contributed by atoms with E-state index in [-0.39, 0.29) is 10.8 Å². The Morgan fingerprint density at radius 3 is 2.91 bits per heavy atom. The van der Waals surface area contributed by atoms with Crippen LogP contribution in [-0.4, -0.2) is 10.1 Å². The van der Waals surface area contributed by atoms with Crippen molar-refractivity contribution in [2.75, 3.05) is 0 Å². The third kappa shape index (κ3) is 1.67. The molecule has 1 N–H and O–H groups in total. The van der Waals surface area contributed by atoms with Crippen LogP contribution in [0.5, 0.6) is 0 Å². The first-order chi connectivity index (χ1) is 5.15. The van der Waals surface area contributed by atoms with Crippen LogP contribution in [0, 0.1) is 12.7 Å². The topological polar surface area (TPSA) is 33.1 Å². The number of aliphatic hydroxyl groups excluding tert-OH is 1. The van der Waals surface area contributed by atoms with Crippen molar-refractivity contribution in [3.05, 3.63) is 28.3 Å². The molecule has 0 fully saturated rings. The van der Waals surface area contributed by atoms with Crippen LogP contribution in [0.2, 0.25) is 5.15 Å². The molecular formula is C7H7ClFNO. The van der Waals surface area contributed by atoms with E-state index in [0.717, 1.165) is 0 Å². The molecule has 0 aliphatic rings. The minimum atomic E-state index is -0.519. The predicted molar refractivity (Wildman–Crippen MR) is 39.9 cm³/mol. The van der Waals surface area contributed by atoms with E-state index in [4.69, 9.17) is 16.7 Å². The van der Waals surface area contributed by atoms with Crippen LogP contribution >= 0.6 is 11.6 Å². The van der Waals surface area contributed by atoms with Crippen LogP contribution in [0.25, 0.3) is 0 Å². The molecule has 11 heavy (non-hydrogen) atoms. The number of aliphatic hydroxyl groups is 1. The Labute approximate surface area is 68.6 Å². The Balaban J connectivity index is 3.21. The molecule has 2 nitrogen and oxygen atoms in total. The zero-order valence-electron chi connectivity index (χ0n) is 5.93. The van der Waals surface area contributed by atoms with Gasteiger partial charge in [0.1, 0.15) is 16.7 Å². The summed E-state index contributed by atoms with van der Waals surface area (Å²) in [4.78, 5) is 3.63. The highest BCUT2D eigenvalue weighted by Gasteiger charge is 2.05. The molecule has 1 rings (SSSR count). The number of hydrogen-bond acceptors (Lipinski definition) is 2. The van der Waals surface area contributed by atoms with E-state index in [0.29, 0.717) is 5.56 Å². The summed E-state index contributed by atoms with van der Waals surface area (Å²) in [7, 11) is 0. The SMILES string of the molecule is Cc1cc(F)c(CO)nc1Cl. The largest absolute Gasteiger partial charge is 0.390 e. The van der Waals surface area contributed by atoms with E-state index < -0.39 is 12.4 Å². The summed E-state index contributed by atoms with van der Waals surface area (Å²) in [5.41, 5.74) is 0.557. The van der Waals surface area contributed by atoms with E-state index in [9.17, 15) is 4.39 Å². The van der Waals surface area contributed by atoms with Gasteiger partial charge in [0.25, 0.3) is 0 Å². The molecule has 60 valence electrons. The zero-order chi connectivity index (χ0) is 8.43. The molecule has 0 radical (unpaired) electrons. The van der Waals surface area contributed by atoms with Gasteiger partial charge in [-0.1, -0.05) is 11.6 Å². The van der Waals surface area contributed by atoms with Crippen molar-refractivity contribution < 1.29 is 9.50 Å². The number of rotatable bonds is 1. The second-order valence-electron chi connectivity index (χ2n) is 2.18. The molecule has 0 saturated heterocycles. The van der Waals surface area contributed by atoms with Gasteiger partial charge in [-0.05, 0) is 18.6 Å². The third-order valence-electron chi connectivity index (χ3n) is 1.33. The van der Waals surface area contributed by atoms with Gasteiger partial charge >= 0.3 is 0 Å². The van der Waals surface area contributed by atoms with Crippen molar-refractivity contribution >= 4 is 11.6 Å². The molecule has 1 aromatic heterocycles. The highest BCUT2D eigenvalue weighted by molar-refractivity contribution is 6.30. The van der Waals surface area contributed by atoms with E-state index in [1.807, 2.05) is 0 Å². The summed E-state index contributed by atoms with van der Waals surface area (Å²) < 4.78 is 12.7. The fraction of sp³-hybridized carbons (Fsp3) is 0.286. The Morgan fingerprint density at radius 1 is 1.73 bits per heavy atom. The van der Waals surface area contributed by atoms with E-state index in [1.54, 1.807) is 6.92 Å². The normalized spacial score (nSPS) is 10.2. The van der Waals surface area contributed by atoms with Gasteiger partial charge in [-0.15, -0.1) is 0 Å². The molecule has 0 aliphatic carbocycles. The van der Waals surface area contributed by atoms with Gasteiger partial charge in [-0.3, -0.25) is 0 Å². The molecule has 1 aromatic rings. The third-order valence-corrected chi connectivity index (χ3v) is 1.71. The Morgan fingerprint density at radius 2 is 2.36 bits per heavy atom. The smallest absolute Gasteiger partial charge is 0.147 e. The van der Waals surface area contributed by atoms with E-state index >= 15 is 0 Å². The predicted octanol–water partition coefficient (Wildman–Crippen LogP) is 1.67. The van der Waals surface area contributed by atoms with Gasteiger partial charge < -0.3 is 5.11 Å². The number of nitrogens with zero attached hydrogens (tertiary/aromatic N) is 1. The van der Waals surface area contributed by atoms with Gasteiger partial charge in [0.2, 0.25) is 0 Å². The van der Waals surface area contributed by atoms with Crippen LogP contribution in [0.15, 0.2) is 6.07 Å². The maximum Gasteiger partial charge on any atom is 0.147 e. The summed E-state index contributed by atoms with van der Waals surface area (Å²) in [6.45, 7) is 1.23. The van der Waals surface area contributed by atoms with Crippen molar-refractivity contribution in [1.82, 2.24) is 4.98 Å². The summed E-state index contributed by atoms with van der Waals surface area (Å²) in [6, 6.07) is 1.25. The lowest BCUT2D eigenvalue weighted by molar-refractivity contribution is 0.270. The number of aryl methyl sites for hydroxylation is 1. The summed E-state index contributed by atoms with van der Waals surface area (Å²) >= 11 is 5.58. The van der Waals surface area contributed by atoms with Crippen LogP contribution < -0.4 is 0 Å². The van der Waals surface area contributed by atoms with Crippen LogP contribution in [0.4, 0.5) is 4.39 Å². The van der Waals surface area contributed by atoms with Crippen LogP contribution in [-0.2, 0) is 6.61 Å². The maximum atomic E-state index is 12.7. The molecule has 0 atom stereocenters. The molecule has 0 amide bonds. The highest BCUT2D eigenvalue weighted by Crippen LogP contribution is 2.15. The molecule has 0 saturated carbocycles. The lowest BCUT2D eigenvalue weighted by Gasteiger charge is -2.00. The quantitative estimate of drug-likeness (QED) is 0.659. The zero-order valence-corrected chi connectivity index (χ0v) is 6.69. The molecule has 4 heteroatoms. The Hall–Kier alpha value is -0.670. The molecule has 0 unspecified atom stereocenters. The first-order valence-corrected chi connectivity index (χ1v) is 3.45. The van der Waals surface area contributed by atoms with Gasteiger partial charge in [-0.2, -0.15) is 0 Å². The number of halogens is 2. The highest BCUT2D eigenvalue weighted by atomic mass is 35.5. The fourth-order valence-electron chi connectivity index (χ4n) is 0.704. The minimum absolute atomic E-state index is 0.0133. The van der Waals surface area contributed by atoms with E-state index in [1.165, 1.54) is 6.07 Å². The fourth-order valence-corrected chi connectivity index (χ4v) is 0.860. The monoisotopic (exact) mass is 175 g/mol. The van der Waals surface area contributed by atoms with Crippen molar-refractivity contribution in [2.24, 2.45) is 0 Å². The van der Waals surface area contributed by atoms with Crippen molar-refractivity contribution in [3.8, 4) is 0 Å². The lowest BCUT2D eigenvalue weighted by Crippen LogP contribution is -1.96. The van der Waals surface area contributed by atoms with Crippen LogP contribution in [0.1, 0.15) is 11.3 Å². The van der Waals surface area contributed by atoms with Gasteiger partial charge in [0, 0.05) is 0 Å². The van der Waals surface area contributed by atoms with Gasteiger partial charge in [-0.25, -0.2) is 9.37 Å². The number of hydrogen-bond donors (Lipinski definition) is 1. The minimum Gasteiger partial charge on any atom is -0.390 e. The average molecular weight is 176 g/mol. The molecule has 0 bridgehead atoms. The number of pyridine rings is 1. The summed E-state index contributed by atoms with van der Waals surface area (Å²) in [5, 5.41) is 8.80. The first-order valence-electron chi connectivity index (χ1n) is 3.07. The molecule has 0 aromatic carbocycles. The second kappa shape index (κ2) is 3.15. The van der Waals surface area contributed by atoms with Gasteiger partial charge in [0.15, 0.2) is 0 Å². The van der Waals surface area contributed by atoms with Crippen LogP contribution in [0.3, 0.4) is 0 Å². The standard InChI is InChI=1S/C7H7ClFNO/c1-4-2-5(9)6(3-11)10-7(4)8/h2,11H,3H2,1H3. The summed E-state index contributed by atoms with van der Waals surface area (Å²) in [6.07, 6.45) is 0. The molecule has 0 spiro atoms.